The Morgan fingerprint density at radius 3 is 2.72 bits per heavy atom. The highest BCUT2D eigenvalue weighted by molar-refractivity contribution is 5.76. The Bertz CT molecular complexity index is 278. The molecule has 1 amide bonds. The standard InChI is InChI=1S/C15H28N2O/c1-12(2)15(8-9-15)11-17-14(18)7-6-13-5-3-4-10-16-13/h12-13,16H,3-11H2,1-2H3,(H,17,18). The molecule has 1 heterocycles. The van der Waals surface area contributed by atoms with Crippen LogP contribution in [-0.4, -0.2) is 25.0 Å². The van der Waals surface area contributed by atoms with Gasteiger partial charge in [0, 0.05) is 19.0 Å². The molecule has 1 aliphatic heterocycles. The first-order valence-electron chi connectivity index (χ1n) is 7.62. The van der Waals surface area contributed by atoms with Gasteiger partial charge in [-0.05, 0) is 50.0 Å². The van der Waals surface area contributed by atoms with Crippen LogP contribution in [0.1, 0.15) is 58.8 Å². The minimum absolute atomic E-state index is 0.245. The quantitative estimate of drug-likeness (QED) is 0.762. The molecule has 0 radical (unpaired) electrons. The Labute approximate surface area is 111 Å². The first-order valence-corrected chi connectivity index (χ1v) is 7.62. The first kappa shape index (κ1) is 13.9. The minimum atomic E-state index is 0.245. The largest absolute Gasteiger partial charge is 0.356 e. The SMILES string of the molecule is CC(C)C1(CNC(=O)CCC2CCCCN2)CC1. The fraction of sp³-hybridized carbons (Fsp3) is 0.933. The lowest BCUT2D eigenvalue weighted by Gasteiger charge is -2.23. The molecule has 3 nitrogen and oxygen atoms in total. The molecule has 0 aromatic rings. The molecule has 18 heavy (non-hydrogen) atoms. The third kappa shape index (κ3) is 3.71. The molecule has 2 aliphatic rings. The fourth-order valence-corrected chi connectivity index (χ4v) is 2.96. The highest BCUT2D eigenvalue weighted by Crippen LogP contribution is 2.51. The van der Waals surface area contributed by atoms with Crippen molar-refractivity contribution in [2.24, 2.45) is 11.3 Å². The van der Waals surface area contributed by atoms with Gasteiger partial charge in [-0.2, -0.15) is 0 Å². The van der Waals surface area contributed by atoms with E-state index < -0.39 is 0 Å². The molecule has 2 rings (SSSR count). The second-order valence-corrected chi connectivity index (χ2v) is 6.48. The lowest BCUT2D eigenvalue weighted by Crippen LogP contribution is -2.36. The average Bonchev–Trinajstić information content (AvgIpc) is 3.16. The van der Waals surface area contributed by atoms with Crippen LogP contribution in [-0.2, 0) is 4.79 Å². The van der Waals surface area contributed by atoms with E-state index in [2.05, 4.69) is 24.5 Å². The second kappa shape index (κ2) is 6.05. The van der Waals surface area contributed by atoms with Gasteiger partial charge in [0.25, 0.3) is 0 Å². The van der Waals surface area contributed by atoms with Crippen molar-refractivity contribution < 1.29 is 4.79 Å². The van der Waals surface area contributed by atoms with Gasteiger partial charge in [-0.25, -0.2) is 0 Å². The summed E-state index contributed by atoms with van der Waals surface area (Å²) in [5.41, 5.74) is 0.429. The maximum absolute atomic E-state index is 11.8. The normalized spacial score (nSPS) is 26.1. The number of piperidine rings is 1. The Morgan fingerprint density at radius 2 is 2.17 bits per heavy atom. The minimum Gasteiger partial charge on any atom is -0.356 e. The lowest BCUT2D eigenvalue weighted by molar-refractivity contribution is -0.121. The van der Waals surface area contributed by atoms with E-state index in [1.807, 2.05) is 0 Å². The number of nitrogens with one attached hydrogen (secondary N) is 2. The fourth-order valence-electron chi connectivity index (χ4n) is 2.96. The Kier molecular flexibility index (Phi) is 4.66. The van der Waals surface area contributed by atoms with E-state index in [4.69, 9.17) is 0 Å². The molecule has 1 aliphatic carbocycles. The molecular weight excluding hydrogens is 224 g/mol. The molecule has 0 bridgehead atoms. The summed E-state index contributed by atoms with van der Waals surface area (Å²) in [5.74, 6) is 0.937. The zero-order valence-electron chi connectivity index (χ0n) is 11.9. The molecule has 2 fully saturated rings. The van der Waals surface area contributed by atoms with Crippen molar-refractivity contribution in [2.75, 3.05) is 13.1 Å². The van der Waals surface area contributed by atoms with Crippen molar-refractivity contribution in [3.8, 4) is 0 Å². The van der Waals surface area contributed by atoms with Crippen LogP contribution < -0.4 is 10.6 Å². The summed E-state index contributed by atoms with van der Waals surface area (Å²) in [6, 6.07) is 0.574. The third-order valence-electron chi connectivity index (χ3n) is 4.89. The van der Waals surface area contributed by atoms with E-state index in [1.165, 1.54) is 32.1 Å². The molecule has 0 aromatic carbocycles. The van der Waals surface area contributed by atoms with Gasteiger partial charge in [-0.1, -0.05) is 20.3 Å². The van der Waals surface area contributed by atoms with E-state index in [1.54, 1.807) is 0 Å². The molecule has 2 N–H and O–H groups in total. The number of carbonyl (C=O) groups is 1. The number of hydrogen-bond acceptors (Lipinski definition) is 2. The zero-order chi connectivity index (χ0) is 13.0. The highest BCUT2D eigenvalue weighted by atomic mass is 16.1. The number of amides is 1. The molecule has 0 aromatic heterocycles. The Balaban J connectivity index is 1.60. The van der Waals surface area contributed by atoms with Crippen LogP contribution in [0.3, 0.4) is 0 Å². The molecular formula is C15H28N2O. The van der Waals surface area contributed by atoms with Crippen LogP contribution in [0, 0.1) is 11.3 Å². The van der Waals surface area contributed by atoms with Crippen LogP contribution in [0.15, 0.2) is 0 Å². The van der Waals surface area contributed by atoms with Crippen molar-refractivity contribution in [3.63, 3.8) is 0 Å². The zero-order valence-corrected chi connectivity index (χ0v) is 11.9. The summed E-state index contributed by atoms with van der Waals surface area (Å²) in [6.45, 7) is 6.56. The first-order chi connectivity index (χ1) is 8.62. The molecule has 1 saturated heterocycles. The van der Waals surface area contributed by atoms with Crippen molar-refractivity contribution in [3.05, 3.63) is 0 Å². The molecule has 0 spiro atoms. The summed E-state index contributed by atoms with van der Waals surface area (Å²) in [6.07, 6.45) is 8.11. The summed E-state index contributed by atoms with van der Waals surface area (Å²) in [4.78, 5) is 11.8. The maximum atomic E-state index is 11.8. The number of carbonyl (C=O) groups excluding carboxylic acids is 1. The lowest BCUT2D eigenvalue weighted by atomic mass is 9.92. The van der Waals surface area contributed by atoms with E-state index >= 15 is 0 Å². The van der Waals surface area contributed by atoms with Gasteiger partial charge in [0.2, 0.25) is 5.91 Å². The van der Waals surface area contributed by atoms with Crippen LogP contribution in [0.25, 0.3) is 0 Å². The maximum Gasteiger partial charge on any atom is 0.220 e. The van der Waals surface area contributed by atoms with E-state index in [9.17, 15) is 4.79 Å². The molecule has 1 unspecified atom stereocenters. The van der Waals surface area contributed by atoms with Gasteiger partial charge in [0.05, 0.1) is 0 Å². The van der Waals surface area contributed by atoms with E-state index in [-0.39, 0.29) is 5.91 Å². The van der Waals surface area contributed by atoms with Gasteiger partial charge in [-0.3, -0.25) is 4.79 Å². The van der Waals surface area contributed by atoms with Crippen molar-refractivity contribution in [1.29, 1.82) is 0 Å². The Morgan fingerprint density at radius 1 is 1.39 bits per heavy atom. The summed E-state index contributed by atoms with van der Waals surface area (Å²) in [7, 11) is 0. The van der Waals surface area contributed by atoms with Crippen molar-refractivity contribution in [2.45, 2.75) is 64.8 Å². The smallest absolute Gasteiger partial charge is 0.220 e. The van der Waals surface area contributed by atoms with Gasteiger partial charge in [-0.15, -0.1) is 0 Å². The van der Waals surface area contributed by atoms with Gasteiger partial charge >= 0.3 is 0 Å². The predicted molar refractivity (Wildman–Crippen MR) is 74.4 cm³/mol. The van der Waals surface area contributed by atoms with Crippen molar-refractivity contribution in [1.82, 2.24) is 10.6 Å². The van der Waals surface area contributed by atoms with E-state index in [0.29, 0.717) is 23.8 Å². The average molecular weight is 252 g/mol. The molecule has 3 heteroatoms. The van der Waals surface area contributed by atoms with Crippen LogP contribution in [0.2, 0.25) is 0 Å². The van der Waals surface area contributed by atoms with Crippen LogP contribution >= 0.6 is 0 Å². The molecule has 104 valence electrons. The van der Waals surface area contributed by atoms with Crippen LogP contribution in [0.4, 0.5) is 0 Å². The predicted octanol–water partition coefficient (Wildman–Crippen LogP) is 2.46. The highest BCUT2D eigenvalue weighted by Gasteiger charge is 2.45. The molecule has 1 saturated carbocycles. The summed E-state index contributed by atoms with van der Waals surface area (Å²) in [5, 5.41) is 6.64. The molecule has 1 atom stereocenters. The van der Waals surface area contributed by atoms with Crippen molar-refractivity contribution >= 4 is 5.91 Å². The topological polar surface area (TPSA) is 41.1 Å². The number of hydrogen-bond donors (Lipinski definition) is 2. The van der Waals surface area contributed by atoms with Gasteiger partial charge < -0.3 is 10.6 Å². The Hall–Kier alpha value is -0.570. The van der Waals surface area contributed by atoms with Crippen LogP contribution in [0.5, 0.6) is 0 Å². The monoisotopic (exact) mass is 252 g/mol. The second-order valence-electron chi connectivity index (χ2n) is 6.48. The summed E-state index contributed by atoms with van der Waals surface area (Å²) < 4.78 is 0. The van der Waals surface area contributed by atoms with Gasteiger partial charge in [0.15, 0.2) is 0 Å². The third-order valence-corrected chi connectivity index (χ3v) is 4.89. The van der Waals surface area contributed by atoms with Gasteiger partial charge in [0.1, 0.15) is 0 Å². The summed E-state index contributed by atoms with van der Waals surface area (Å²) >= 11 is 0. The number of rotatable bonds is 6. The van der Waals surface area contributed by atoms with E-state index in [0.717, 1.165) is 19.5 Å².